The molecule has 0 fully saturated rings. The van der Waals surface area contributed by atoms with Crippen molar-refractivity contribution in [2.45, 2.75) is 0 Å². The van der Waals surface area contributed by atoms with Crippen LogP contribution >= 0.6 is 11.3 Å². The molecule has 1 aromatic carbocycles. The van der Waals surface area contributed by atoms with Gasteiger partial charge in [0.05, 0.1) is 32.4 Å². The van der Waals surface area contributed by atoms with Gasteiger partial charge in [-0.25, -0.2) is 10.1 Å². The van der Waals surface area contributed by atoms with Crippen LogP contribution in [0.15, 0.2) is 39.4 Å². The molecule has 3 heterocycles. The van der Waals surface area contributed by atoms with Crippen LogP contribution in [0.2, 0.25) is 0 Å². The van der Waals surface area contributed by atoms with Crippen molar-refractivity contribution < 1.29 is 23.6 Å². The van der Waals surface area contributed by atoms with Crippen molar-refractivity contribution in [3.63, 3.8) is 0 Å². The summed E-state index contributed by atoms with van der Waals surface area (Å²) in [6, 6.07) is 7.00. The average Bonchev–Trinajstić information content (AvgIpc) is 3.58. The lowest BCUT2D eigenvalue weighted by Gasteiger charge is -2.12. The van der Waals surface area contributed by atoms with Crippen LogP contribution in [0.5, 0.6) is 17.2 Å². The summed E-state index contributed by atoms with van der Waals surface area (Å²) in [7, 11) is 4.52. The van der Waals surface area contributed by atoms with Crippen LogP contribution in [0.1, 0.15) is 16.1 Å². The molecule has 0 bridgehead atoms. The number of thiophene rings is 1. The fraction of sp³-hybridized carbons (Fsp3) is 0.158. The van der Waals surface area contributed by atoms with Gasteiger partial charge in [-0.2, -0.15) is 9.78 Å². The first-order chi connectivity index (χ1) is 16.1. The van der Waals surface area contributed by atoms with E-state index in [-0.39, 0.29) is 17.3 Å². The SMILES string of the molecule is COc1cc(C=NNC(=O)c2nnn(-c3nonc3N)c2-c2cccs2)cc(OC)c1OC. The number of rotatable bonds is 8. The van der Waals surface area contributed by atoms with E-state index in [2.05, 4.69) is 35.8 Å². The molecular formula is C19H18N8O5S. The molecule has 0 saturated heterocycles. The largest absolute Gasteiger partial charge is 0.493 e. The van der Waals surface area contributed by atoms with Gasteiger partial charge in [0.25, 0.3) is 5.91 Å². The molecule has 0 atom stereocenters. The summed E-state index contributed by atoms with van der Waals surface area (Å²) in [5.74, 6) is 0.872. The Morgan fingerprint density at radius 1 is 1.21 bits per heavy atom. The lowest BCUT2D eigenvalue weighted by Crippen LogP contribution is -2.19. The van der Waals surface area contributed by atoms with Crippen LogP contribution in [-0.2, 0) is 0 Å². The molecule has 33 heavy (non-hydrogen) atoms. The van der Waals surface area contributed by atoms with Crippen LogP contribution in [0.25, 0.3) is 16.4 Å². The third-order valence-electron chi connectivity index (χ3n) is 4.40. The van der Waals surface area contributed by atoms with Crippen LogP contribution in [-0.4, -0.2) is 58.8 Å². The third-order valence-corrected chi connectivity index (χ3v) is 5.28. The number of benzene rings is 1. The Morgan fingerprint density at radius 3 is 2.55 bits per heavy atom. The second-order valence-electron chi connectivity index (χ2n) is 6.31. The second-order valence-corrected chi connectivity index (χ2v) is 7.25. The molecule has 0 aliphatic carbocycles. The average molecular weight is 470 g/mol. The number of carbonyl (C=O) groups is 1. The first-order valence-corrected chi connectivity index (χ1v) is 10.2. The number of methoxy groups -OCH3 is 3. The van der Waals surface area contributed by atoms with Crippen molar-refractivity contribution in [3.05, 3.63) is 40.9 Å². The number of nitrogen functional groups attached to an aromatic ring is 1. The molecule has 3 aromatic heterocycles. The van der Waals surface area contributed by atoms with E-state index in [0.717, 1.165) is 0 Å². The van der Waals surface area contributed by atoms with Crippen molar-refractivity contribution in [2.24, 2.45) is 5.10 Å². The highest BCUT2D eigenvalue weighted by molar-refractivity contribution is 7.13. The zero-order chi connectivity index (χ0) is 23.4. The molecule has 14 heteroatoms. The molecule has 170 valence electrons. The maximum atomic E-state index is 12.9. The van der Waals surface area contributed by atoms with E-state index in [4.69, 9.17) is 19.9 Å². The maximum Gasteiger partial charge on any atom is 0.294 e. The van der Waals surface area contributed by atoms with Crippen molar-refractivity contribution in [1.82, 2.24) is 30.7 Å². The first-order valence-electron chi connectivity index (χ1n) is 9.28. The molecule has 0 saturated carbocycles. The number of hydrazone groups is 1. The fourth-order valence-corrected chi connectivity index (χ4v) is 3.71. The smallest absolute Gasteiger partial charge is 0.294 e. The lowest BCUT2D eigenvalue weighted by molar-refractivity contribution is 0.0951. The Hall–Kier alpha value is -4.46. The number of nitrogens with two attached hydrogens (primary N) is 1. The Kier molecular flexibility index (Phi) is 6.17. The summed E-state index contributed by atoms with van der Waals surface area (Å²) in [4.78, 5) is 13.6. The number of hydrogen-bond acceptors (Lipinski definition) is 12. The zero-order valence-electron chi connectivity index (χ0n) is 17.7. The van der Waals surface area contributed by atoms with Gasteiger partial charge in [0.2, 0.25) is 17.4 Å². The Labute approximate surface area is 190 Å². The molecule has 0 aliphatic rings. The molecular weight excluding hydrogens is 452 g/mol. The quantitative estimate of drug-likeness (QED) is 0.286. The highest BCUT2D eigenvalue weighted by atomic mass is 32.1. The van der Waals surface area contributed by atoms with Crippen molar-refractivity contribution in [2.75, 3.05) is 27.1 Å². The van der Waals surface area contributed by atoms with Crippen molar-refractivity contribution >= 4 is 29.3 Å². The number of hydrogen-bond donors (Lipinski definition) is 2. The van der Waals surface area contributed by atoms with E-state index in [1.54, 1.807) is 18.2 Å². The molecule has 4 rings (SSSR count). The first kappa shape index (κ1) is 21.8. The van der Waals surface area contributed by atoms with E-state index in [9.17, 15) is 4.79 Å². The molecule has 13 nitrogen and oxygen atoms in total. The molecule has 0 radical (unpaired) electrons. The topological polar surface area (TPSA) is 165 Å². The predicted molar refractivity (Wildman–Crippen MR) is 118 cm³/mol. The number of nitrogens with one attached hydrogen (secondary N) is 1. The van der Waals surface area contributed by atoms with Gasteiger partial charge in [0, 0.05) is 5.56 Å². The van der Waals surface area contributed by atoms with Gasteiger partial charge in [-0.15, -0.1) is 16.4 Å². The highest BCUT2D eigenvalue weighted by Gasteiger charge is 2.25. The number of amides is 1. The summed E-state index contributed by atoms with van der Waals surface area (Å²) in [6.07, 6.45) is 1.43. The van der Waals surface area contributed by atoms with Crippen LogP contribution in [0.4, 0.5) is 5.82 Å². The summed E-state index contributed by atoms with van der Waals surface area (Å²) < 4.78 is 21.9. The molecule has 3 N–H and O–H groups in total. The Balaban J connectivity index is 1.62. The molecule has 1 amide bonds. The van der Waals surface area contributed by atoms with Crippen molar-refractivity contribution in [3.8, 4) is 33.6 Å². The minimum absolute atomic E-state index is 0.00471. The molecule has 4 aromatic rings. The number of nitrogens with zero attached hydrogens (tertiary/aromatic N) is 6. The van der Waals surface area contributed by atoms with Gasteiger partial charge in [-0.3, -0.25) is 4.79 Å². The van der Waals surface area contributed by atoms with Gasteiger partial charge >= 0.3 is 0 Å². The van der Waals surface area contributed by atoms with Crippen LogP contribution < -0.4 is 25.4 Å². The monoisotopic (exact) mass is 470 g/mol. The zero-order valence-corrected chi connectivity index (χ0v) is 18.5. The third kappa shape index (κ3) is 4.18. The Bertz CT molecular complexity index is 1270. The maximum absolute atomic E-state index is 12.9. The molecule has 0 aliphatic heterocycles. The lowest BCUT2D eigenvalue weighted by atomic mass is 10.2. The summed E-state index contributed by atoms with van der Waals surface area (Å²) in [5, 5.41) is 21.1. The normalized spacial score (nSPS) is 11.0. The number of carbonyl (C=O) groups excluding carboxylic acids is 1. The van der Waals surface area contributed by atoms with Gasteiger partial charge in [0.15, 0.2) is 17.2 Å². The molecule has 0 spiro atoms. The standard InChI is InChI=1S/C19H18N8O5S/c1-29-11-7-10(8-12(30-2)16(11)31-3)9-21-23-19(28)14-15(13-5-4-6-33-13)27(26-22-14)18-17(20)24-32-25-18/h4-9H,1-3H3,(H2,20,24)(H,23,28). The summed E-state index contributed by atoms with van der Waals surface area (Å²) in [6.45, 7) is 0. The van der Waals surface area contributed by atoms with Gasteiger partial charge in [-0.05, 0) is 33.9 Å². The second kappa shape index (κ2) is 9.35. The van der Waals surface area contributed by atoms with Crippen molar-refractivity contribution in [1.29, 1.82) is 0 Å². The highest BCUT2D eigenvalue weighted by Crippen LogP contribution is 2.37. The summed E-state index contributed by atoms with van der Waals surface area (Å²) in [5.41, 5.74) is 9.22. The van der Waals surface area contributed by atoms with E-state index >= 15 is 0 Å². The van der Waals surface area contributed by atoms with Crippen LogP contribution in [0.3, 0.4) is 0 Å². The number of anilines is 1. The number of aromatic nitrogens is 5. The minimum Gasteiger partial charge on any atom is -0.493 e. The van der Waals surface area contributed by atoms with Crippen LogP contribution in [0, 0.1) is 0 Å². The minimum atomic E-state index is -0.594. The van der Waals surface area contributed by atoms with E-state index in [0.29, 0.717) is 33.4 Å². The Morgan fingerprint density at radius 2 is 1.97 bits per heavy atom. The van der Waals surface area contributed by atoms with Gasteiger partial charge in [0.1, 0.15) is 5.69 Å². The van der Waals surface area contributed by atoms with E-state index < -0.39 is 5.91 Å². The number of ether oxygens (including phenoxy) is 3. The van der Waals surface area contributed by atoms with E-state index in [1.165, 1.54) is 43.6 Å². The molecule has 0 unspecified atom stereocenters. The van der Waals surface area contributed by atoms with E-state index in [1.807, 2.05) is 11.4 Å². The van der Waals surface area contributed by atoms with Gasteiger partial charge < -0.3 is 19.9 Å². The predicted octanol–water partition coefficient (Wildman–Crippen LogP) is 1.75. The fourth-order valence-electron chi connectivity index (χ4n) is 2.95. The summed E-state index contributed by atoms with van der Waals surface area (Å²) >= 11 is 1.38. The van der Waals surface area contributed by atoms with Gasteiger partial charge in [-0.1, -0.05) is 11.3 Å².